The lowest BCUT2D eigenvalue weighted by Gasteiger charge is -2.12. The van der Waals surface area contributed by atoms with Crippen molar-refractivity contribution in [3.63, 3.8) is 0 Å². The molecule has 32 heavy (non-hydrogen) atoms. The number of carbonyl (C=O) groups excluding carboxylic acids is 1. The first-order valence-electron chi connectivity index (χ1n) is 10.1. The van der Waals surface area contributed by atoms with Gasteiger partial charge in [-0.15, -0.1) is 11.3 Å². The molecule has 2 heterocycles. The molecule has 1 amide bonds. The third-order valence-corrected chi connectivity index (χ3v) is 6.92. The van der Waals surface area contributed by atoms with Crippen LogP contribution in [0.4, 0.5) is 10.8 Å². The summed E-state index contributed by atoms with van der Waals surface area (Å²) in [4.78, 5) is 16.9. The quantitative estimate of drug-likeness (QED) is 0.547. The van der Waals surface area contributed by atoms with Crippen molar-refractivity contribution in [1.29, 1.82) is 0 Å². The standard InChI is InChI=1S/C22H23N3O5S2/c1-14(2)18-13-31-22(23-18)24-21(26)15-4-6-16(7-5-15)25-32(27,28)17-8-9-19-20(12-17)30-11-3-10-29-19/h4-9,12-14,25H,3,10-11H2,1-2H3,(H,23,24,26). The third-order valence-electron chi connectivity index (χ3n) is 4.76. The lowest BCUT2D eigenvalue weighted by Crippen LogP contribution is -2.14. The van der Waals surface area contributed by atoms with E-state index < -0.39 is 10.0 Å². The highest BCUT2D eigenvalue weighted by Gasteiger charge is 2.19. The average Bonchev–Trinajstić information content (AvgIpc) is 3.10. The van der Waals surface area contributed by atoms with Gasteiger partial charge < -0.3 is 9.47 Å². The molecule has 0 fully saturated rings. The first-order valence-corrected chi connectivity index (χ1v) is 12.5. The lowest BCUT2D eigenvalue weighted by molar-refractivity contribution is 0.102. The van der Waals surface area contributed by atoms with E-state index in [0.717, 1.165) is 12.1 Å². The van der Waals surface area contributed by atoms with E-state index in [0.29, 0.717) is 41.1 Å². The van der Waals surface area contributed by atoms with Gasteiger partial charge in [0.1, 0.15) is 0 Å². The van der Waals surface area contributed by atoms with Crippen LogP contribution in [0.15, 0.2) is 52.7 Å². The predicted molar refractivity (Wildman–Crippen MR) is 123 cm³/mol. The fourth-order valence-corrected chi connectivity index (χ4v) is 4.93. The molecule has 3 aromatic rings. The Morgan fingerprint density at radius 2 is 1.78 bits per heavy atom. The number of nitrogens with zero attached hydrogens (tertiary/aromatic N) is 1. The summed E-state index contributed by atoms with van der Waals surface area (Å²) in [5, 5.41) is 5.21. The Kier molecular flexibility index (Phi) is 6.33. The molecule has 0 saturated carbocycles. The number of benzene rings is 2. The molecule has 1 aliphatic rings. The van der Waals surface area contributed by atoms with Crippen molar-refractivity contribution in [2.45, 2.75) is 31.1 Å². The van der Waals surface area contributed by atoms with E-state index in [4.69, 9.17) is 9.47 Å². The smallest absolute Gasteiger partial charge is 0.262 e. The maximum atomic E-state index is 12.8. The molecule has 0 aliphatic carbocycles. The minimum atomic E-state index is -3.84. The summed E-state index contributed by atoms with van der Waals surface area (Å²) in [5.41, 5.74) is 1.65. The molecular weight excluding hydrogens is 450 g/mol. The van der Waals surface area contributed by atoms with Crippen LogP contribution in [-0.2, 0) is 10.0 Å². The van der Waals surface area contributed by atoms with Crippen molar-refractivity contribution in [2.75, 3.05) is 23.3 Å². The lowest BCUT2D eigenvalue weighted by atomic mass is 10.2. The fourth-order valence-electron chi connectivity index (χ4n) is 2.99. The molecule has 4 rings (SSSR count). The average molecular weight is 474 g/mol. The monoisotopic (exact) mass is 473 g/mol. The largest absolute Gasteiger partial charge is 0.490 e. The molecule has 2 aromatic carbocycles. The Morgan fingerprint density at radius 3 is 2.47 bits per heavy atom. The van der Waals surface area contributed by atoms with Crippen LogP contribution in [0.25, 0.3) is 0 Å². The summed E-state index contributed by atoms with van der Waals surface area (Å²) in [6.07, 6.45) is 0.733. The zero-order valence-corrected chi connectivity index (χ0v) is 19.3. The number of aromatic nitrogens is 1. The number of hydrogen-bond acceptors (Lipinski definition) is 7. The Morgan fingerprint density at radius 1 is 1.06 bits per heavy atom. The maximum Gasteiger partial charge on any atom is 0.262 e. The second kappa shape index (κ2) is 9.17. The van der Waals surface area contributed by atoms with E-state index in [2.05, 4.69) is 15.0 Å². The van der Waals surface area contributed by atoms with Crippen molar-refractivity contribution in [1.82, 2.24) is 4.98 Å². The van der Waals surface area contributed by atoms with Gasteiger partial charge in [-0.2, -0.15) is 0 Å². The van der Waals surface area contributed by atoms with Gasteiger partial charge in [0.05, 0.1) is 23.8 Å². The van der Waals surface area contributed by atoms with Crippen molar-refractivity contribution in [2.24, 2.45) is 0 Å². The van der Waals surface area contributed by atoms with Crippen molar-refractivity contribution < 1.29 is 22.7 Å². The predicted octanol–water partition coefficient (Wildman–Crippen LogP) is 4.48. The Hall–Kier alpha value is -3.11. The van der Waals surface area contributed by atoms with Crippen LogP contribution in [0.5, 0.6) is 11.5 Å². The van der Waals surface area contributed by atoms with E-state index in [1.54, 1.807) is 18.2 Å². The van der Waals surface area contributed by atoms with Gasteiger partial charge in [0.2, 0.25) is 0 Å². The van der Waals surface area contributed by atoms with Gasteiger partial charge >= 0.3 is 0 Å². The van der Waals surface area contributed by atoms with Crippen molar-refractivity contribution in [3.8, 4) is 11.5 Å². The van der Waals surface area contributed by atoms with Gasteiger partial charge in [-0.25, -0.2) is 13.4 Å². The number of sulfonamides is 1. The summed E-state index contributed by atoms with van der Waals surface area (Å²) in [7, 11) is -3.84. The van der Waals surface area contributed by atoms with Gasteiger partial charge in [0.15, 0.2) is 16.6 Å². The number of thiazole rings is 1. The second-order valence-corrected chi connectivity index (χ2v) is 10.1. The number of carbonyl (C=O) groups is 1. The molecule has 0 saturated heterocycles. The fraction of sp³-hybridized carbons (Fsp3) is 0.273. The van der Waals surface area contributed by atoms with Crippen LogP contribution in [0, 0.1) is 0 Å². The van der Waals surface area contributed by atoms with Gasteiger partial charge in [-0.05, 0) is 42.3 Å². The molecule has 0 bridgehead atoms. The third kappa shape index (κ3) is 5.03. The van der Waals surface area contributed by atoms with E-state index in [1.807, 2.05) is 19.2 Å². The van der Waals surface area contributed by atoms with Crippen molar-refractivity contribution in [3.05, 3.63) is 59.1 Å². The number of nitrogens with one attached hydrogen (secondary N) is 2. The normalized spacial score (nSPS) is 13.5. The first kappa shape index (κ1) is 22.1. The molecule has 8 nitrogen and oxygen atoms in total. The molecule has 2 N–H and O–H groups in total. The minimum absolute atomic E-state index is 0.0632. The Balaban J connectivity index is 1.44. The summed E-state index contributed by atoms with van der Waals surface area (Å²) in [5.74, 6) is 0.896. The van der Waals surface area contributed by atoms with Crippen LogP contribution in [0.1, 0.15) is 42.2 Å². The number of fused-ring (bicyclic) bond motifs is 1. The highest BCUT2D eigenvalue weighted by Crippen LogP contribution is 2.32. The minimum Gasteiger partial charge on any atom is -0.490 e. The molecule has 1 aromatic heterocycles. The molecule has 0 unspecified atom stereocenters. The van der Waals surface area contributed by atoms with E-state index in [1.165, 1.54) is 35.6 Å². The number of amides is 1. The molecule has 0 spiro atoms. The zero-order valence-electron chi connectivity index (χ0n) is 17.6. The number of hydrogen-bond donors (Lipinski definition) is 2. The molecular formula is C22H23N3O5S2. The molecule has 0 radical (unpaired) electrons. The molecule has 168 valence electrons. The van der Waals surface area contributed by atoms with Crippen LogP contribution < -0.4 is 19.5 Å². The van der Waals surface area contributed by atoms with E-state index in [9.17, 15) is 13.2 Å². The van der Waals surface area contributed by atoms with Gasteiger partial charge in [-0.1, -0.05) is 13.8 Å². The number of rotatable bonds is 6. The number of anilines is 2. The first-order chi connectivity index (χ1) is 15.3. The second-order valence-electron chi connectivity index (χ2n) is 7.53. The van der Waals surface area contributed by atoms with Crippen molar-refractivity contribution >= 4 is 38.1 Å². The molecule has 10 heteroatoms. The molecule has 1 aliphatic heterocycles. The highest BCUT2D eigenvalue weighted by molar-refractivity contribution is 7.92. The Bertz CT molecular complexity index is 1220. The SMILES string of the molecule is CC(C)c1csc(NC(=O)c2ccc(NS(=O)(=O)c3ccc4c(c3)OCCCO4)cc2)n1. The summed E-state index contributed by atoms with van der Waals surface area (Å²) in [6.45, 7) is 5.06. The zero-order chi connectivity index (χ0) is 22.7. The van der Waals surface area contributed by atoms with Gasteiger partial charge in [-0.3, -0.25) is 14.8 Å². The van der Waals surface area contributed by atoms with Gasteiger partial charge in [0, 0.05) is 29.1 Å². The van der Waals surface area contributed by atoms with E-state index in [-0.39, 0.29) is 16.7 Å². The maximum absolute atomic E-state index is 12.8. The molecule has 0 atom stereocenters. The van der Waals surface area contributed by atoms with Crippen LogP contribution in [-0.4, -0.2) is 32.5 Å². The Labute approximate surface area is 190 Å². The van der Waals surface area contributed by atoms with E-state index >= 15 is 0 Å². The van der Waals surface area contributed by atoms with Crippen LogP contribution in [0.3, 0.4) is 0 Å². The van der Waals surface area contributed by atoms with Crippen LogP contribution in [0.2, 0.25) is 0 Å². The van der Waals surface area contributed by atoms with Gasteiger partial charge in [0.25, 0.3) is 15.9 Å². The summed E-state index contributed by atoms with van der Waals surface area (Å²) in [6, 6.07) is 10.7. The topological polar surface area (TPSA) is 107 Å². The summed E-state index contributed by atoms with van der Waals surface area (Å²) < 4.78 is 39.2. The van der Waals surface area contributed by atoms with Crippen LogP contribution >= 0.6 is 11.3 Å². The highest BCUT2D eigenvalue weighted by atomic mass is 32.2. The number of ether oxygens (including phenoxy) is 2. The summed E-state index contributed by atoms with van der Waals surface area (Å²) >= 11 is 1.37.